The van der Waals surface area contributed by atoms with Crippen LogP contribution in [0.4, 0.5) is 0 Å². The standard InChI is InChI=1S/C29H31N5O3/c35-27-20-33(16-13-30-27)29(36)28-24-19-32(18-23-17-22-10-4-5-11-26(22)37-23)15-12-25(24)34(31-28)14-6-9-21-7-2-1-3-8-21/h1-5,7-8,10-11,17H,6,9,12-16,18-20H2,(H,30,35). The lowest BCUT2D eigenvalue weighted by Gasteiger charge is -2.28. The van der Waals surface area contributed by atoms with Gasteiger partial charge in [-0.25, -0.2) is 0 Å². The van der Waals surface area contributed by atoms with Crippen LogP contribution in [0.25, 0.3) is 11.0 Å². The Morgan fingerprint density at radius 1 is 1.03 bits per heavy atom. The van der Waals surface area contributed by atoms with Gasteiger partial charge in [0.05, 0.1) is 13.1 Å². The number of hydrogen-bond acceptors (Lipinski definition) is 5. The maximum Gasteiger partial charge on any atom is 0.275 e. The van der Waals surface area contributed by atoms with Gasteiger partial charge in [-0.05, 0) is 30.5 Å². The van der Waals surface area contributed by atoms with Gasteiger partial charge in [0.1, 0.15) is 11.3 Å². The van der Waals surface area contributed by atoms with Crippen molar-refractivity contribution in [2.45, 2.75) is 38.9 Å². The molecule has 1 fully saturated rings. The van der Waals surface area contributed by atoms with Crippen LogP contribution in [0, 0.1) is 0 Å². The summed E-state index contributed by atoms with van der Waals surface area (Å²) in [5, 5.41) is 8.74. The van der Waals surface area contributed by atoms with Crippen molar-refractivity contribution < 1.29 is 14.0 Å². The van der Waals surface area contributed by atoms with Gasteiger partial charge in [-0.3, -0.25) is 19.2 Å². The normalized spacial score (nSPS) is 16.1. The monoisotopic (exact) mass is 497 g/mol. The third-order valence-electron chi connectivity index (χ3n) is 7.28. The van der Waals surface area contributed by atoms with E-state index in [9.17, 15) is 9.59 Å². The van der Waals surface area contributed by atoms with Crippen molar-refractivity contribution in [2.75, 3.05) is 26.2 Å². The summed E-state index contributed by atoms with van der Waals surface area (Å²) < 4.78 is 8.10. The number of carbonyl (C=O) groups excluding carboxylic acids is 2. The van der Waals surface area contributed by atoms with Gasteiger partial charge < -0.3 is 14.6 Å². The number of aromatic nitrogens is 2. The summed E-state index contributed by atoms with van der Waals surface area (Å²) in [6.07, 6.45) is 2.73. The average Bonchev–Trinajstić information content (AvgIpc) is 3.49. The highest BCUT2D eigenvalue weighted by atomic mass is 16.3. The SMILES string of the molecule is O=C1CN(C(=O)c2nn(CCCc3ccccc3)c3c2CN(Cc2cc4ccccc4o2)CC3)CCN1. The predicted octanol–water partition coefficient (Wildman–Crippen LogP) is 3.39. The number of aryl methyl sites for hydroxylation is 2. The summed E-state index contributed by atoms with van der Waals surface area (Å²) in [4.78, 5) is 29.4. The summed E-state index contributed by atoms with van der Waals surface area (Å²) in [5.41, 5.74) is 4.80. The van der Waals surface area contributed by atoms with Crippen molar-refractivity contribution >= 4 is 22.8 Å². The Morgan fingerprint density at radius 3 is 2.70 bits per heavy atom. The average molecular weight is 498 g/mol. The lowest BCUT2D eigenvalue weighted by molar-refractivity contribution is -0.123. The number of hydrogen-bond donors (Lipinski definition) is 1. The molecule has 2 aliphatic heterocycles. The first kappa shape index (κ1) is 23.5. The Labute approximate surface area is 215 Å². The fourth-order valence-electron chi connectivity index (χ4n) is 5.41. The van der Waals surface area contributed by atoms with Crippen LogP contribution >= 0.6 is 0 Å². The molecule has 37 heavy (non-hydrogen) atoms. The van der Waals surface area contributed by atoms with Crippen molar-refractivity contribution in [1.29, 1.82) is 0 Å². The zero-order chi connectivity index (χ0) is 25.2. The molecular formula is C29H31N5O3. The van der Waals surface area contributed by atoms with Crippen LogP contribution in [0.5, 0.6) is 0 Å². The number of carbonyl (C=O) groups is 2. The largest absolute Gasteiger partial charge is 0.460 e. The molecule has 6 rings (SSSR count). The number of furan rings is 1. The van der Waals surface area contributed by atoms with E-state index in [1.165, 1.54) is 5.56 Å². The van der Waals surface area contributed by atoms with Gasteiger partial charge in [-0.1, -0.05) is 48.5 Å². The Balaban J connectivity index is 1.23. The molecule has 2 aromatic carbocycles. The molecule has 8 nitrogen and oxygen atoms in total. The number of amides is 2. The summed E-state index contributed by atoms with van der Waals surface area (Å²) in [6.45, 7) is 3.99. The number of piperazine rings is 1. The highest BCUT2D eigenvalue weighted by Crippen LogP contribution is 2.27. The third kappa shape index (κ3) is 5.02. The van der Waals surface area contributed by atoms with E-state index in [-0.39, 0.29) is 18.4 Å². The van der Waals surface area contributed by atoms with E-state index in [2.05, 4.69) is 46.6 Å². The van der Waals surface area contributed by atoms with Crippen LogP contribution in [0.15, 0.2) is 65.1 Å². The zero-order valence-corrected chi connectivity index (χ0v) is 20.9. The second-order valence-electron chi connectivity index (χ2n) is 9.87. The molecule has 0 aliphatic carbocycles. The minimum absolute atomic E-state index is 0.0805. The molecule has 0 unspecified atom stereocenters. The quantitative estimate of drug-likeness (QED) is 0.423. The number of nitrogens with one attached hydrogen (secondary N) is 1. The number of para-hydroxylation sites is 1. The summed E-state index contributed by atoms with van der Waals surface area (Å²) in [7, 11) is 0. The molecule has 8 heteroatoms. The summed E-state index contributed by atoms with van der Waals surface area (Å²) in [6, 6.07) is 20.6. The summed E-state index contributed by atoms with van der Waals surface area (Å²) >= 11 is 0. The second kappa shape index (κ2) is 10.2. The fraction of sp³-hybridized carbons (Fsp3) is 0.345. The predicted molar refractivity (Wildman–Crippen MR) is 140 cm³/mol. The molecular weight excluding hydrogens is 466 g/mol. The Morgan fingerprint density at radius 2 is 1.86 bits per heavy atom. The number of benzene rings is 2. The maximum atomic E-state index is 13.5. The lowest BCUT2D eigenvalue weighted by atomic mass is 10.0. The molecule has 4 aromatic rings. The van der Waals surface area contributed by atoms with Crippen molar-refractivity contribution in [1.82, 2.24) is 24.9 Å². The van der Waals surface area contributed by atoms with Crippen molar-refractivity contribution in [3.05, 3.63) is 88.9 Å². The molecule has 2 amide bonds. The highest BCUT2D eigenvalue weighted by Gasteiger charge is 2.32. The minimum Gasteiger partial charge on any atom is -0.460 e. The van der Waals surface area contributed by atoms with E-state index in [1.807, 2.05) is 28.9 Å². The van der Waals surface area contributed by atoms with E-state index >= 15 is 0 Å². The van der Waals surface area contributed by atoms with Crippen LogP contribution in [0.3, 0.4) is 0 Å². The van der Waals surface area contributed by atoms with Gasteiger partial charge in [-0.15, -0.1) is 0 Å². The highest BCUT2D eigenvalue weighted by molar-refractivity contribution is 5.97. The second-order valence-corrected chi connectivity index (χ2v) is 9.87. The number of fused-ring (bicyclic) bond motifs is 2. The van der Waals surface area contributed by atoms with E-state index in [0.717, 1.165) is 60.3 Å². The first-order valence-electron chi connectivity index (χ1n) is 13.0. The molecule has 2 aliphatic rings. The van der Waals surface area contributed by atoms with Gasteiger partial charge >= 0.3 is 0 Å². The van der Waals surface area contributed by atoms with Crippen LogP contribution in [0.1, 0.15) is 39.5 Å². The van der Waals surface area contributed by atoms with Crippen molar-refractivity contribution in [3.8, 4) is 0 Å². The molecule has 1 N–H and O–H groups in total. The molecule has 190 valence electrons. The van der Waals surface area contributed by atoms with Gasteiger partial charge in [0, 0.05) is 55.8 Å². The molecule has 0 atom stereocenters. The van der Waals surface area contributed by atoms with Crippen molar-refractivity contribution in [2.24, 2.45) is 0 Å². The van der Waals surface area contributed by atoms with Gasteiger partial charge in [0.15, 0.2) is 5.69 Å². The van der Waals surface area contributed by atoms with E-state index in [0.29, 0.717) is 31.9 Å². The Bertz CT molecular complexity index is 1390. The molecule has 0 saturated carbocycles. The van der Waals surface area contributed by atoms with Gasteiger partial charge in [0.25, 0.3) is 5.91 Å². The smallest absolute Gasteiger partial charge is 0.275 e. The first-order chi connectivity index (χ1) is 18.1. The maximum absolute atomic E-state index is 13.5. The van der Waals surface area contributed by atoms with E-state index in [1.54, 1.807) is 4.90 Å². The molecule has 4 heterocycles. The number of rotatable bonds is 7. The Hall–Kier alpha value is -3.91. The van der Waals surface area contributed by atoms with Gasteiger partial charge in [0.2, 0.25) is 5.91 Å². The molecule has 0 bridgehead atoms. The van der Waals surface area contributed by atoms with Gasteiger partial charge in [-0.2, -0.15) is 5.10 Å². The molecule has 0 radical (unpaired) electrons. The van der Waals surface area contributed by atoms with Crippen LogP contribution in [-0.2, 0) is 37.3 Å². The summed E-state index contributed by atoms with van der Waals surface area (Å²) in [5.74, 6) is 0.640. The molecule has 2 aromatic heterocycles. The minimum atomic E-state index is -0.154. The van der Waals surface area contributed by atoms with Crippen molar-refractivity contribution in [3.63, 3.8) is 0 Å². The molecule has 0 spiro atoms. The fourth-order valence-corrected chi connectivity index (χ4v) is 5.41. The first-order valence-corrected chi connectivity index (χ1v) is 13.0. The van der Waals surface area contributed by atoms with E-state index in [4.69, 9.17) is 9.52 Å². The topological polar surface area (TPSA) is 83.6 Å². The van der Waals surface area contributed by atoms with E-state index < -0.39 is 0 Å². The number of nitrogens with zero attached hydrogens (tertiary/aromatic N) is 4. The van der Waals surface area contributed by atoms with Crippen LogP contribution in [-0.4, -0.2) is 57.6 Å². The van der Waals surface area contributed by atoms with Crippen LogP contribution < -0.4 is 5.32 Å². The van der Waals surface area contributed by atoms with Crippen LogP contribution in [0.2, 0.25) is 0 Å². The Kier molecular flexibility index (Phi) is 6.49. The lowest BCUT2D eigenvalue weighted by Crippen LogP contribution is -2.50. The third-order valence-corrected chi connectivity index (χ3v) is 7.28. The zero-order valence-electron chi connectivity index (χ0n) is 20.9. The molecule has 1 saturated heterocycles.